The highest BCUT2D eigenvalue weighted by atomic mass is 16.6. The first-order chi connectivity index (χ1) is 10.6. The number of fused-ring (bicyclic) bond motifs is 1. The van der Waals surface area contributed by atoms with Crippen LogP contribution in [0.1, 0.15) is 60.0 Å². The summed E-state index contributed by atoms with van der Waals surface area (Å²) in [7, 11) is 0. The molecule has 22 heavy (non-hydrogen) atoms. The first-order valence-electron chi connectivity index (χ1n) is 8.13. The van der Waals surface area contributed by atoms with E-state index in [1.54, 1.807) is 6.07 Å². The van der Waals surface area contributed by atoms with Crippen molar-refractivity contribution in [2.45, 2.75) is 57.0 Å². The van der Waals surface area contributed by atoms with Crippen LogP contribution >= 0.6 is 0 Å². The number of aliphatic hydroxyl groups is 1. The maximum absolute atomic E-state index is 12.2. The number of benzene rings is 1. The molecular formula is C18H22O4. The van der Waals surface area contributed by atoms with Gasteiger partial charge >= 0.3 is 5.97 Å². The monoisotopic (exact) mass is 302 g/mol. The number of ether oxygens (including phenoxy) is 1. The normalized spacial score (nSPS) is 19.5. The Morgan fingerprint density at radius 1 is 1.05 bits per heavy atom. The molecular weight excluding hydrogens is 280 g/mol. The summed E-state index contributed by atoms with van der Waals surface area (Å²) in [5.74, 6) is -0.857. The maximum atomic E-state index is 12.2. The fourth-order valence-corrected chi connectivity index (χ4v) is 3.43. The van der Waals surface area contributed by atoms with Crippen molar-refractivity contribution in [3.05, 3.63) is 34.9 Å². The SMILES string of the molecule is O=C(COC(=O)C1(O)CCCCC1)c1ccc2c(c1)CCC2. The summed E-state index contributed by atoms with van der Waals surface area (Å²) in [6.07, 6.45) is 6.76. The fraction of sp³-hybridized carbons (Fsp3) is 0.556. The van der Waals surface area contributed by atoms with E-state index in [1.807, 2.05) is 12.1 Å². The molecule has 1 N–H and O–H groups in total. The zero-order valence-electron chi connectivity index (χ0n) is 12.8. The Labute approximate surface area is 130 Å². The average Bonchev–Trinajstić information content (AvgIpc) is 3.00. The molecule has 0 saturated heterocycles. The largest absolute Gasteiger partial charge is 0.455 e. The van der Waals surface area contributed by atoms with Gasteiger partial charge in [0.25, 0.3) is 0 Å². The van der Waals surface area contributed by atoms with Crippen molar-refractivity contribution < 1.29 is 19.4 Å². The van der Waals surface area contributed by atoms with Crippen molar-refractivity contribution >= 4 is 11.8 Å². The van der Waals surface area contributed by atoms with Crippen molar-refractivity contribution in [3.8, 4) is 0 Å². The second-order valence-electron chi connectivity index (χ2n) is 6.43. The van der Waals surface area contributed by atoms with Crippen molar-refractivity contribution in [1.82, 2.24) is 0 Å². The van der Waals surface area contributed by atoms with Crippen LogP contribution in [0.4, 0.5) is 0 Å². The summed E-state index contributed by atoms with van der Waals surface area (Å²) in [6, 6.07) is 5.70. The number of carbonyl (C=O) groups is 2. The molecule has 0 aromatic heterocycles. The fourth-order valence-electron chi connectivity index (χ4n) is 3.43. The molecule has 0 amide bonds. The molecule has 1 saturated carbocycles. The Hall–Kier alpha value is -1.68. The first-order valence-corrected chi connectivity index (χ1v) is 8.13. The molecule has 1 fully saturated rings. The van der Waals surface area contributed by atoms with Crippen LogP contribution in [-0.2, 0) is 22.4 Å². The van der Waals surface area contributed by atoms with E-state index in [0.717, 1.165) is 38.5 Å². The summed E-state index contributed by atoms with van der Waals surface area (Å²) in [6.45, 7) is -0.292. The van der Waals surface area contributed by atoms with Gasteiger partial charge in [-0.25, -0.2) is 4.79 Å². The smallest absolute Gasteiger partial charge is 0.338 e. The Morgan fingerprint density at radius 2 is 1.77 bits per heavy atom. The third-order valence-electron chi connectivity index (χ3n) is 4.82. The molecule has 2 aliphatic rings. The molecule has 1 aromatic carbocycles. The molecule has 4 nitrogen and oxygen atoms in total. The van der Waals surface area contributed by atoms with E-state index in [9.17, 15) is 14.7 Å². The zero-order chi connectivity index (χ0) is 15.6. The average molecular weight is 302 g/mol. The van der Waals surface area contributed by atoms with Gasteiger partial charge in [0.1, 0.15) is 0 Å². The van der Waals surface area contributed by atoms with Crippen molar-refractivity contribution in [1.29, 1.82) is 0 Å². The molecule has 0 unspecified atom stereocenters. The topological polar surface area (TPSA) is 63.6 Å². The van der Waals surface area contributed by atoms with Gasteiger partial charge in [-0.3, -0.25) is 4.79 Å². The lowest BCUT2D eigenvalue weighted by Gasteiger charge is -2.29. The Morgan fingerprint density at radius 3 is 2.55 bits per heavy atom. The van der Waals surface area contributed by atoms with Crippen molar-refractivity contribution in [3.63, 3.8) is 0 Å². The molecule has 3 rings (SSSR count). The predicted octanol–water partition coefficient (Wildman–Crippen LogP) is 2.60. The van der Waals surface area contributed by atoms with Crippen molar-refractivity contribution in [2.75, 3.05) is 6.61 Å². The highest BCUT2D eigenvalue weighted by Crippen LogP contribution is 2.29. The minimum Gasteiger partial charge on any atom is -0.455 e. The summed E-state index contributed by atoms with van der Waals surface area (Å²) in [4.78, 5) is 24.2. The molecule has 1 aromatic rings. The quantitative estimate of drug-likeness (QED) is 0.686. The Balaban J connectivity index is 1.59. The van der Waals surface area contributed by atoms with Gasteiger partial charge in [0.05, 0.1) is 0 Å². The third-order valence-corrected chi connectivity index (χ3v) is 4.82. The minimum absolute atomic E-state index is 0.206. The van der Waals surface area contributed by atoms with E-state index in [-0.39, 0.29) is 12.4 Å². The zero-order valence-corrected chi connectivity index (χ0v) is 12.8. The molecule has 4 heteroatoms. The standard InChI is InChI=1S/C18H22O4/c19-16(15-8-7-13-5-4-6-14(13)11-15)12-22-17(20)18(21)9-2-1-3-10-18/h7-8,11,21H,1-6,9-10,12H2. The van der Waals surface area contributed by atoms with Crippen LogP contribution in [0.3, 0.4) is 0 Å². The van der Waals surface area contributed by atoms with Gasteiger partial charge in [0, 0.05) is 5.56 Å². The number of hydrogen-bond acceptors (Lipinski definition) is 4. The van der Waals surface area contributed by atoms with E-state index >= 15 is 0 Å². The Bertz CT molecular complexity index is 585. The predicted molar refractivity (Wildman–Crippen MR) is 81.8 cm³/mol. The van der Waals surface area contributed by atoms with E-state index in [0.29, 0.717) is 18.4 Å². The van der Waals surface area contributed by atoms with Gasteiger partial charge in [-0.05, 0) is 62.1 Å². The van der Waals surface area contributed by atoms with Crippen LogP contribution in [0.2, 0.25) is 0 Å². The van der Waals surface area contributed by atoms with Crippen LogP contribution in [-0.4, -0.2) is 29.1 Å². The first kappa shape index (κ1) is 15.2. The van der Waals surface area contributed by atoms with Crippen LogP contribution in [0.15, 0.2) is 18.2 Å². The van der Waals surface area contributed by atoms with Crippen LogP contribution < -0.4 is 0 Å². The van der Waals surface area contributed by atoms with Crippen LogP contribution in [0.25, 0.3) is 0 Å². The summed E-state index contributed by atoms with van der Waals surface area (Å²) < 4.78 is 5.08. The summed E-state index contributed by atoms with van der Waals surface area (Å²) in [5, 5.41) is 10.3. The lowest BCUT2D eigenvalue weighted by atomic mass is 9.85. The highest BCUT2D eigenvalue weighted by molar-refractivity contribution is 5.98. The summed E-state index contributed by atoms with van der Waals surface area (Å²) in [5.41, 5.74) is 1.73. The van der Waals surface area contributed by atoms with Gasteiger partial charge in [-0.2, -0.15) is 0 Å². The van der Waals surface area contributed by atoms with E-state index in [4.69, 9.17) is 4.74 Å². The minimum atomic E-state index is -1.39. The number of hydrogen-bond donors (Lipinski definition) is 1. The number of Topliss-reactive ketones (excluding diaryl/α,β-unsaturated/α-hetero) is 1. The van der Waals surface area contributed by atoms with Gasteiger partial charge in [0.2, 0.25) is 0 Å². The van der Waals surface area contributed by atoms with Crippen molar-refractivity contribution in [2.24, 2.45) is 0 Å². The second-order valence-corrected chi connectivity index (χ2v) is 6.43. The maximum Gasteiger partial charge on any atom is 0.338 e. The molecule has 0 bridgehead atoms. The molecule has 118 valence electrons. The van der Waals surface area contributed by atoms with Crippen LogP contribution in [0.5, 0.6) is 0 Å². The number of ketones is 1. The van der Waals surface area contributed by atoms with Gasteiger partial charge in [0.15, 0.2) is 18.0 Å². The number of carbonyl (C=O) groups excluding carboxylic acids is 2. The molecule has 0 atom stereocenters. The molecule has 0 radical (unpaired) electrons. The van der Waals surface area contributed by atoms with E-state index < -0.39 is 11.6 Å². The number of esters is 1. The van der Waals surface area contributed by atoms with Gasteiger partial charge in [-0.15, -0.1) is 0 Å². The highest BCUT2D eigenvalue weighted by Gasteiger charge is 2.38. The molecule has 0 aliphatic heterocycles. The van der Waals surface area contributed by atoms with E-state index in [1.165, 1.54) is 11.1 Å². The number of rotatable bonds is 4. The molecule has 0 heterocycles. The number of aryl methyl sites for hydroxylation is 2. The summed E-state index contributed by atoms with van der Waals surface area (Å²) >= 11 is 0. The third kappa shape index (κ3) is 3.07. The molecule has 0 spiro atoms. The lowest BCUT2D eigenvalue weighted by molar-refractivity contribution is -0.167. The van der Waals surface area contributed by atoms with Gasteiger partial charge < -0.3 is 9.84 Å². The van der Waals surface area contributed by atoms with E-state index in [2.05, 4.69) is 0 Å². The van der Waals surface area contributed by atoms with Crippen LogP contribution in [0, 0.1) is 0 Å². The lowest BCUT2D eigenvalue weighted by Crippen LogP contribution is -2.42. The Kier molecular flexibility index (Phi) is 4.30. The second kappa shape index (κ2) is 6.21. The molecule has 2 aliphatic carbocycles. The van der Waals surface area contributed by atoms with Gasteiger partial charge in [-0.1, -0.05) is 18.6 Å².